The number of carbonyl (C=O) groups is 1. The Morgan fingerprint density at radius 2 is 1.89 bits per heavy atom. The van der Waals surface area contributed by atoms with E-state index >= 15 is 0 Å². The van der Waals surface area contributed by atoms with Crippen LogP contribution in [0, 0.1) is 5.92 Å². The summed E-state index contributed by atoms with van der Waals surface area (Å²) in [5, 5.41) is 0. The second-order valence-corrected chi connectivity index (χ2v) is 7.21. The lowest BCUT2D eigenvalue weighted by atomic mass is 10.2. The second-order valence-electron chi connectivity index (χ2n) is 5.50. The zero-order valence-corrected chi connectivity index (χ0v) is 13.1. The third-order valence-corrected chi connectivity index (χ3v) is 4.58. The molecule has 0 saturated carbocycles. The van der Waals surface area contributed by atoms with Crippen molar-refractivity contribution in [2.75, 3.05) is 39.3 Å². The molecule has 0 atom stereocenters. The molecule has 0 N–H and O–H groups in total. The molecule has 0 bridgehead atoms. The molecule has 1 aromatic rings. The predicted octanol–water partition coefficient (Wildman–Crippen LogP) is 2.86. The first-order chi connectivity index (χ1) is 9.04. The molecule has 106 valence electrons. The Morgan fingerprint density at radius 1 is 1.26 bits per heavy atom. The lowest BCUT2D eigenvalue weighted by Gasteiger charge is -2.35. The van der Waals surface area contributed by atoms with E-state index in [1.807, 2.05) is 6.07 Å². The summed E-state index contributed by atoms with van der Waals surface area (Å²) in [7, 11) is 0. The molecule has 0 radical (unpaired) electrons. The van der Waals surface area contributed by atoms with Crippen LogP contribution >= 0.6 is 22.9 Å². The van der Waals surface area contributed by atoms with Crippen LogP contribution in [0.25, 0.3) is 0 Å². The first kappa shape index (κ1) is 15.0. The molecule has 0 aliphatic carbocycles. The van der Waals surface area contributed by atoms with Crippen LogP contribution in [-0.4, -0.2) is 54.9 Å². The fourth-order valence-electron chi connectivity index (χ4n) is 2.39. The number of rotatable bonds is 5. The van der Waals surface area contributed by atoms with Crippen molar-refractivity contribution in [3.63, 3.8) is 0 Å². The number of nitrogens with zero attached hydrogens (tertiary/aromatic N) is 2. The topological polar surface area (TPSA) is 23.6 Å². The van der Waals surface area contributed by atoms with Crippen LogP contribution in [0.5, 0.6) is 0 Å². The Labute approximate surface area is 124 Å². The van der Waals surface area contributed by atoms with Crippen molar-refractivity contribution in [2.45, 2.75) is 13.8 Å². The minimum Gasteiger partial charge on any atom is -0.301 e. The van der Waals surface area contributed by atoms with Crippen molar-refractivity contribution >= 4 is 28.7 Å². The van der Waals surface area contributed by atoms with Crippen LogP contribution in [0.4, 0.5) is 0 Å². The fraction of sp³-hybridized carbons (Fsp3) is 0.643. The lowest BCUT2D eigenvalue weighted by molar-refractivity contribution is 0.0841. The summed E-state index contributed by atoms with van der Waals surface area (Å²) in [5.74, 6) is 0.899. The maximum atomic E-state index is 12.1. The van der Waals surface area contributed by atoms with E-state index in [4.69, 9.17) is 11.6 Å². The standard InChI is InChI=1S/C14H21ClN2OS/c1-11(2)9-16-5-7-17(8-6-16)10-12(18)13-3-4-14(15)19-13/h3-4,11H,5-10H2,1-2H3. The van der Waals surface area contributed by atoms with Gasteiger partial charge in [0.25, 0.3) is 0 Å². The highest BCUT2D eigenvalue weighted by Gasteiger charge is 2.20. The number of hydrogen-bond donors (Lipinski definition) is 0. The summed E-state index contributed by atoms with van der Waals surface area (Å²) >= 11 is 7.23. The number of thiophene rings is 1. The van der Waals surface area contributed by atoms with Crippen LogP contribution in [0.15, 0.2) is 12.1 Å². The zero-order valence-electron chi connectivity index (χ0n) is 11.6. The average molecular weight is 301 g/mol. The van der Waals surface area contributed by atoms with E-state index in [0.717, 1.165) is 37.6 Å². The quantitative estimate of drug-likeness (QED) is 0.781. The lowest BCUT2D eigenvalue weighted by Crippen LogP contribution is -2.48. The SMILES string of the molecule is CC(C)CN1CCN(CC(=O)c2ccc(Cl)s2)CC1. The van der Waals surface area contributed by atoms with Crippen molar-refractivity contribution in [3.8, 4) is 0 Å². The van der Waals surface area contributed by atoms with E-state index in [0.29, 0.717) is 16.8 Å². The molecule has 5 heteroatoms. The van der Waals surface area contributed by atoms with Gasteiger partial charge in [0, 0.05) is 32.7 Å². The monoisotopic (exact) mass is 300 g/mol. The summed E-state index contributed by atoms with van der Waals surface area (Å²) in [4.78, 5) is 17.6. The first-order valence-electron chi connectivity index (χ1n) is 6.78. The third kappa shape index (κ3) is 4.56. The van der Waals surface area contributed by atoms with Gasteiger partial charge in [-0.25, -0.2) is 0 Å². The fourth-order valence-corrected chi connectivity index (χ4v) is 3.36. The molecule has 3 nitrogen and oxygen atoms in total. The molecular formula is C14H21ClN2OS. The normalized spacial score (nSPS) is 18.1. The molecule has 1 aliphatic heterocycles. The predicted molar refractivity (Wildman–Crippen MR) is 81.4 cm³/mol. The molecule has 0 spiro atoms. The largest absolute Gasteiger partial charge is 0.301 e. The van der Waals surface area contributed by atoms with Gasteiger partial charge in [-0.3, -0.25) is 9.69 Å². The second kappa shape index (κ2) is 6.84. The van der Waals surface area contributed by atoms with Gasteiger partial charge in [0.1, 0.15) is 0 Å². The summed E-state index contributed by atoms with van der Waals surface area (Å²) in [6, 6.07) is 3.62. The molecular weight excluding hydrogens is 280 g/mol. The van der Waals surface area contributed by atoms with Gasteiger partial charge in [0.15, 0.2) is 5.78 Å². The van der Waals surface area contributed by atoms with Crippen LogP contribution in [-0.2, 0) is 0 Å². The van der Waals surface area contributed by atoms with Crippen LogP contribution in [0.1, 0.15) is 23.5 Å². The molecule has 0 unspecified atom stereocenters. The summed E-state index contributed by atoms with van der Waals surface area (Å²) in [6.07, 6.45) is 0. The molecule has 2 rings (SSSR count). The van der Waals surface area contributed by atoms with Crippen LogP contribution < -0.4 is 0 Å². The molecule has 0 aromatic carbocycles. The number of hydrogen-bond acceptors (Lipinski definition) is 4. The molecule has 1 aliphatic rings. The van der Waals surface area contributed by atoms with Gasteiger partial charge in [-0.2, -0.15) is 0 Å². The van der Waals surface area contributed by atoms with E-state index in [1.165, 1.54) is 11.3 Å². The van der Waals surface area contributed by atoms with Crippen molar-refractivity contribution in [3.05, 3.63) is 21.3 Å². The van der Waals surface area contributed by atoms with E-state index < -0.39 is 0 Å². The Bertz CT molecular complexity index is 425. The Hall–Kier alpha value is -0.420. The highest BCUT2D eigenvalue weighted by Crippen LogP contribution is 2.22. The number of halogens is 1. The van der Waals surface area contributed by atoms with Gasteiger partial charge < -0.3 is 4.90 Å². The van der Waals surface area contributed by atoms with Crippen molar-refractivity contribution in [2.24, 2.45) is 5.92 Å². The molecule has 1 fully saturated rings. The van der Waals surface area contributed by atoms with Gasteiger partial charge in [0.05, 0.1) is 15.8 Å². The average Bonchev–Trinajstić information content (AvgIpc) is 2.78. The van der Waals surface area contributed by atoms with Crippen LogP contribution in [0.2, 0.25) is 4.34 Å². The third-order valence-electron chi connectivity index (χ3n) is 3.30. The minimum atomic E-state index is 0.189. The Balaban J connectivity index is 1.78. The summed E-state index contributed by atoms with van der Waals surface area (Å²) in [6.45, 7) is 10.3. The summed E-state index contributed by atoms with van der Waals surface area (Å²) < 4.78 is 0.685. The van der Waals surface area contributed by atoms with E-state index in [2.05, 4.69) is 23.6 Å². The zero-order chi connectivity index (χ0) is 13.8. The molecule has 19 heavy (non-hydrogen) atoms. The van der Waals surface area contributed by atoms with Crippen molar-refractivity contribution in [1.82, 2.24) is 9.80 Å². The molecule has 1 aromatic heterocycles. The maximum absolute atomic E-state index is 12.1. The minimum absolute atomic E-state index is 0.189. The van der Waals surface area contributed by atoms with Gasteiger partial charge in [-0.15, -0.1) is 11.3 Å². The van der Waals surface area contributed by atoms with Gasteiger partial charge in [0.2, 0.25) is 0 Å². The number of carbonyl (C=O) groups excluding carboxylic acids is 1. The van der Waals surface area contributed by atoms with E-state index in [-0.39, 0.29) is 5.78 Å². The molecule has 1 saturated heterocycles. The van der Waals surface area contributed by atoms with Crippen molar-refractivity contribution < 1.29 is 4.79 Å². The van der Waals surface area contributed by atoms with Crippen LogP contribution in [0.3, 0.4) is 0 Å². The smallest absolute Gasteiger partial charge is 0.186 e. The number of ketones is 1. The highest BCUT2D eigenvalue weighted by molar-refractivity contribution is 7.18. The van der Waals surface area contributed by atoms with Gasteiger partial charge in [-0.05, 0) is 18.1 Å². The summed E-state index contributed by atoms with van der Waals surface area (Å²) in [5.41, 5.74) is 0. The Kier molecular flexibility index (Phi) is 5.39. The van der Waals surface area contributed by atoms with E-state index in [9.17, 15) is 4.79 Å². The van der Waals surface area contributed by atoms with Gasteiger partial charge in [-0.1, -0.05) is 25.4 Å². The van der Waals surface area contributed by atoms with Gasteiger partial charge >= 0.3 is 0 Å². The molecule has 2 heterocycles. The Morgan fingerprint density at radius 3 is 2.42 bits per heavy atom. The highest BCUT2D eigenvalue weighted by atomic mass is 35.5. The number of Topliss-reactive ketones (excluding diaryl/α,β-unsaturated/α-hetero) is 1. The maximum Gasteiger partial charge on any atom is 0.186 e. The van der Waals surface area contributed by atoms with Crippen molar-refractivity contribution in [1.29, 1.82) is 0 Å². The van der Waals surface area contributed by atoms with E-state index in [1.54, 1.807) is 6.07 Å². The molecule has 0 amide bonds. The number of piperazine rings is 1. The first-order valence-corrected chi connectivity index (χ1v) is 7.97.